The lowest BCUT2D eigenvalue weighted by Crippen LogP contribution is -2.51. The van der Waals surface area contributed by atoms with Gasteiger partial charge in [0.15, 0.2) is 6.10 Å². The molecule has 1 aromatic rings. The number of carbonyl (C=O) groups excluding carboxylic acids is 5. The maximum Gasteiger partial charge on any atom is 0.413 e. The minimum atomic E-state index is -1.33. The molecule has 0 radical (unpaired) electrons. The number of ether oxygens (including phenoxy) is 2. The zero-order chi connectivity index (χ0) is 21.0. The van der Waals surface area contributed by atoms with E-state index >= 15 is 0 Å². The van der Waals surface area contributed by atoms with Gasteiger partial charge in [0.2, 0.25) is 0 Å². The van der Waals surface area contributed by atoms with E-state index in [1.54, 1.807) is 26.0 Å². The van der Waals surface area contributed by atoms with Gasteiger partial charge in [-0.25, -0.2) is 9.59 Å². The monoisotopic (exact) mass is 390 g/mol. The third-order valence-corrected chi connectivity index (χ3v) is 4.60. The number of carbonyl (C=O) groups is 5. The molecule has 9 heteroatoms. The number of methoxy groups -OCH3 is 1. The molecule has 9 nitrogen and oxygen atoms in total. The Bertz CT molecular complexity index is 785. The van der Waals surface area contributed by atoms with Crippen molar-refractivity contribution in [3.63, 3.8) is 0 Å². The predicted molar refractivity (Wildman–Crippen MR) is 96.3 cm³/mol. The van der Waals surface area contributed by atoms with Gasteiger partial charge in [-0.2, -0.15) is 0 Å². The number of nitrogens with one attached hydrogen (secondary N) is 1. The third kappa shape index (κ3) is 4.03. The van der Waals surface area contributed by atoms with Crippen molar-refractivity contribution in [2.24, 2.45) is 5.92 Å². The van der Waals surface area contributed by atoms with Gasteiger partial charge in [0.05, 0.1) is 18.2 Å². The quantitative estimate of drug-likeness (QED) is 0.577. The Morgan fingerprint density at radius 3 is 2.07 bits per heavy atom. The molecule has 0 aliphatic carbocycles. The minimum absolute atomic E-state index is 0.213. The van der Waals surface area contributed by atoms with Gasteiger partial charge in [-0.05, 0) is 25.0 Å². The Morgan fingerprint density at radius 1 is 1.07 bits per heavy atom. The molecule has 150 valence electrons. The van der Waals surface area contributed by atoms with Crippen LogP contribution in [-0.4, -0.2) is 53.9 Å². The van der Waals surface area contributed by atoms with Crippen molar-refractivity contribution in [1.82, 2.24) is 10.2 Å². The number of hydrogen-bond donors (Lipinski definition) is 1. The second-order valence-corrected chi connectivity index (χ2v) is 6.42. The zero-order valence-electron chi connectivity index (χ0n) is 16.1. The van der Waals surface area contributed by atoms with Gasteiger partial charge in [0, 0.05) is 0 Å². The zero-order valence-corrected chi connectivity index (χ0v) is 16.1. The van der Waals surface area contributed by atoms with Crippen LogP contribution in [0.25, 0.3) is 0 Å². The summed E-state index contributed by atoms with van der Waals surface area (Å²) >= 11 is 0. The van der Waals surface area contributed by atoms with Crippen LogP contribution in [0.1, 0.15) is 47.9 Å². The lowest BCUT2D eigenvalue weighted by atomic mass is 9.97. The summed E-state index contributed by atoms with van der Waals surface area (Å²) < 4.78 is 9.46. The molecule has 0 unspecified atom stereocenters. The van der Waals surface area contributed by atoms with Gasteiger partial charge in [-0.1, -0.05) is 32.4 Å². The van der Waals surface area contributed by atoms with Crippen LogP contribution in [0.2, 0.25) is 0 Å². The smallest absolute Gasteiger partial charge is 0.413 e. The molecule has 0 saturated carbocycles. The van der Waals surface area contributed by atoms with E-state index in [-0.39, 0.29) is 11.1 Å². The van der Waals surface area contributed by atoms with Crippen LogP contribution in [0.4, 0.5) is 4.79 Å². The molecule has 0 spiro atoms. The summed E-state index contributed by atoms with van der Waals surface area (Å²) in [4.78, 5) is 62.2. The molecule has 1 aliphatic rings. The number of benzene rings is 1. The van der Waals surface area contributed by atoms with E-state index in [0.717, 1.165) is 12.0 Å². The van der Waals surface area contributed by atoms with Crippen molar-refractivity contribution in [3.8, 4) is 0 Å². The van der Waals surface area contributed by atoms with Crippen LogP contribution in [-0.2, 0) is 19.1 Å². The van der Waals surface area contributed by atoms with Crippen LogP contribution >= 0.6 is 0 Å². The Morgan fingerprint density at radius 2 is 1.61 bits per heavy atom. The molecule has 1 aromatic carbocycles. The minimum Gasteiger partial charge on any atom is -0.453 e. The number of alkyl carbamates (subject to hydrolysis) is 1. The fourth-order valence-corrected chi connectivity index (χ4v) is 2.83. The molecule has 4 amide bonds. The van der Waals surface area contributed by atoms with Gasteiger partial charge in [-0.3, -0.25) is 24.6 Å². The van der Waals surface area contributed by atoms with Crippen molar-refractivity contribution in [2.75, 3.05) is 7.11 Å². The molecule has 0 bridgehead atoms. The van der Waals surface area contributed by atoms with Gasteiger partial charge in [-0.15, -0.1) is 0 Å². The molecule has 1 N–H and O–H groups in total. The molecule has 1 heterocycles. The Labute approximate surface area is 162 Å². The van der Waals surface area contributed by atoms with Gasteiger partial charge < -0.3 is 9.47 Å². The van der Waals surface area contributed by atoms with E-state index in [1.165, 1.54) is 19.1 Å². The lowest BCUT2D eigenvalue weighted by molar-refractivity contribution is -0.159. The average molecular weight is 390 g/mol. The van der Waals surface area contributed by atoms with Crippen molar-refractivity contribution in [3.05, 3.63) is 35.4 Å². The maximum absolute atomic E-state index is 12.8. The van der Waals surface area contributed by atoms with Crippen molar-refractivity contribution >= 4 is 29.8 Å². The number of imide groups is 2. The van der Waals surface area contributed by atoms with Crippen LogP contribution in [0, 0.1) is 5.92 Å². The molecular weight excluding hydrogens is 368 g/mol. The SMILES string of the molecule is CC[C@H](C)[C@@H](C(=O)O[C@H](C)C(=O)NC(=O)OC)N1C(=O)c2ccccc2C1=O. The fraction of sp³-hybridized carbons (Fsp3) is 0.421. The first-order valence-corrected chi connectivity index (χ1v) is 8.79. The van der Waals surface area contributed by atoms with Crippen molar-refractivity contribution < 1.29 is 33.4 Å². The predicted octanol–water partition coefficient (Wildman–Crippen LogP) is 1.51. The highest BCUT2D eigenvalue weighted by Crippen LogP contribution is 2.28. The number of rotatable bonds is 6. The van der Waals surface area contributed by atoms with Crippen molar-refractivity contribution in [2.45, 2.75) is 39.3 Å². The second-order valence-electron chi connectivity index (χ2n) is 6.42. The summed E-state index contributed by atoms with van der Waals surface area (Å²) in [6.07, 6.45) is -1.84. The molecule has 1 aliphatic heterocycles. The first-order valence-electron chi connectivity index (χ1n) is 8.79. The molecule has 2 rings (SSSR count). The third-order valence-electron chi connectivity index (χ3n) is 4.60. The van der Waals surface area contributed by atoms with Crippen LogP contribution in [0.15, 0.2) is 24.3 Å². The summed E-state index contributed by atoms with van der Waals surface area (Å²) in [5.74, 6) is -3.38. The summed E-state index contributed by atoms with van der Waals surface area (Å²) in [5, 5.41) is 1.89. The van der Waals surface area contributed by atoms with Crippen LogP contribution in [0.3, 0.4) is 0 Å². The second kappa shape index (κ2) is 8.64. The normalized spacial score (nSPS) is 16.1. The summed E-state index contributed by atoms with van der Waals surface area (Å²) in [6, 6.07) is 5.08. The van der Waals surface area contributed by atoms with Crippen LogP contribution in [0.5, 0.6) is 0 Å². The molecule has 28 heavy (non-hydrogen) atoms. The van der Waals surface area contributed by atoms with Crippen molar-refractivity contribution in [1.29, 1.82) is 0 Å². The fourth-order valence-electron chi connectivity index (χ4n) is 2.83. The number of fused-ring (bicyclic) bond motifs is 1. The van der Waals surface area contributed by atoms with E-state index in [2.05, 4.69) is 4.74 Å². The van der Waals surface area contributed by atoms with Gasteiger partial charge in [0.1, 0.15) is 6.04 Å². The average Bonchev–Trinajstić information content (AvgIpc) is 2.93. The standard InChI is InChI=1S/C19H22N2O7/c1-5-10(2)14(18(25)28-11(3)15(22)20-19(26)27-4)21-16(23)12-8-6-7-9-13(12)17(21)24/h6-11,14H,5H2,1-4H3,(H,20,22,26)/t10-,11+,14-/m0/s1. The van der Waals surface area contributed by atoms with E-state index in [9.17, 15) is 24.0 Å². The largest absolute Gasteiger partial charge is 0.453 e. The number of nitrogens with zero attached hydrogens (tertiary/aromatic N) is 1. The number of hydrogen-bond acceptors (Lipinski definition) is 7. The summed E-state index contributed by atoms with van der Waals surface area (Å²) in [6.45, 7) is 4.78. The Kier molecular flexibility index (Phi) is 6.50. The lowest BCUT2D eigenvalue weighted by Gasteiger charge is -2.29. The highest BCUT2D eigenvalue weighted by atomic mass is 16.6. The molecular formula is C19H22N2O7. The van der Waals surface area contributed by atoms with E-state index in [4.69, 9.17) is 4.74 Å². The highest BCUT2D eigenvalue weighted by Gasteiger charge is 2.45. The van der Waals surface area contributed by atoms with E-state index < -0.39 is 47.8 Å². The summed E-state index contributed by atoms with van der Waals surface area (Å²) in [5.41, 5.74) is 0.426. The first-order chi connectivity index (χ1) is 13.2. The topological polar surface area (TPSA) is 119 Å². The Hall–Kier alpha value is -3.23. The molecule has 3 atom stereocenters. The first kappa shape index (κ1) is 21.1. The highest BCUT2D eigenvalue weighted by molar-refractivity contribution is 6.22. The van der Waals surface area contributed by atoms with Gasteiger partial charge in [0.25, 0.3) is 17.7 Å². The molecule has 0 aromatic heterocycles. The van der Waals surface area contributed by atoms with E-state index in [0.29, 0.717) is 6.42 Å². The maximum atomic E-state index is 12.8. The Balaban J connectivity index is 2.24. The van der Waals surface area contributed by atoms with Crippen LogP contribution < -0.4 is 5.32 Å². The molecule has 0 fully saturated rings. The van der Waals surface area contributed by atoms with Gasteiger partial charge >= 0.3 is 12.1 Å². The summed E-state index contributed by atoms with van der Waals surface area (Å²) in [7, 11) is 1.08. The number of amides is 4. The number of esters is 1. The van der Waals surface area contributed by atoms with E-state index in [1.807, 2.05) is 5.32 Å². The molecule has 0 saturated heterocycles.